The number of hydrogen-bond acceptors (Lipinski definition) is 7. The highest BCUT2D eigenvalue weighted by Gasteiger charge is 2.56. The van der Waals surface area contributed by atoms with Crippen molar-refractivity contribution in [2.24, 2.45) is 0 Å². The molecule has 6 rings (SSSR count). The number of phenolic OH excluding ortho intramolecular Hbond substituents is 2. The molecule has 0 radical (unpaired) electrons. The standard InChI is InChI=1S/C30H27ClN2O6/c1-12-26(36)22(14(3)34)28-23(27(12)37)30(4)20(39-28)11-19(35)21(29(30)38)13(2)32-18-10-6-8-16-15-7-5-9-17(31)24(15)33-25(16)18/h5,7,9,11,18,32-33,36-37H,6,8,10H2,1-4H3/t18?,30-/m0/s1. The van der Waals surface area contributed by atoms with E-state index in [-0.39, 0.29) is 45.6 Å². The minimum Gasteiger partial charge on any atom is -0.507 e. The SMILES string of the molecule is CC(=O)c1c(O)c(C)c(O)c2c1OC1=CC(=O)C(=C(C)NC3CCCc4c3[nH]c3c(Cl)cccc43)C(=O)[C@@]12C. The lowest BCUT2D eigenvalue weighted by Gasteiger charge is -2.30. The molecule has 9 heteroatoms. The molecule has 2 atom stereocenters. The van der Waals surface area contributed by atoms with Crippen LogP contribution in [0.2, 0.25) is 5.02 Å². The van der Waals surface area contributed by atoms with Crippen LogP contribution >= 0.6 is 11.6 Å². The highest BCUT2D eigenvalue weighted by atomic mass is 35.5. The van der Waals surface area contributed by atoms with Gasteiger partial charge in [0.15, 0.2) is 17.3 Å². The van der Waals surface area contributed by atoms with Crippen LogP contribution in [0.1, 0.15) is 72.4 Å². The molecule has 0 spiro atoms. The van der Waals surface area contributed by atoms with E-state index in [1.165, 1.54) is 25.5 Å². The van der Waals surface area contributed by atoms with Gasteiger partial charge in [-0.3, -0.25) is 14.4 Å². The fourth-order valence-corrected chi connectivity index (χ4v) is 6.51. The molecule has 0 bridgehead atoms. The first-order chi connectivity index (χ1) is 18.5. The van der Waals surface area contributed by atoms with Gasteiger partial charge in [-0.25, -0.2) is 0 Å². The molecule has 200 valence electrons. The van der Waals surface area contributed by atoms with Crippen LogP contribution in [-0.2, 0) is 21.4 Å². The van der Waals surface area contributed by atoms with Gasteiger partial charge in [0.05, 0.1) is 27.7 Å². The minimum atomic E-state index is -1.55. The number of benzene rings is 2. The molecule has 4 N–H and O–H groups in total. The van der Waals surface area contributed by atoms with Crippen molar-refractivity contribution in [2.45, 2.75) is 58.4 Å². The van der Waals surface area contributed by atoms with E-state index in [1.807, 2.05) is 18.2 Å². The van der Waals surface area contributed by atoms with Crippen LogP contribution in [0.4, 0.5) is 0 Å². The average molecular weight is 547 g/mol. The summed E-state index contributed by atoms with van der Waals surface area (Å²) in [6.45, 7) is 5.97. The third-order valence-electron chi connectivity index (χ3n) is 8.34. The summed E-state index contributed by atoms with van der Waals surface area (Å²) in [7, 11) is 0. The van der Waals surface area contributed by atoms with Crippen molar-refractivity contribution in [3.8, 4) is 17.2 Å². The molecule has 1 unspecified atom stereocenters. The number of aromatic nitrogens is 1. The van der Waals surface area contributed by atoms with Crippen molar-refractivity contribution in [3.63, 3.8) is 0 Å². The Kier molecular flexibility index (Phi) is 5.49. The van der Waals surface area contributed by atoms with Crippen molar-refractivity contribution in [3.05, 3.63) is 74.3 Å². The van der Waals surface area contributed by atoms with Gasteiger partial charge in [0.2, 0.25) is 0 Å². The van der Waals surface area contributed by atoms with Gasteiger partial charge in [0.1, 0.15) is 34.0 Å². The van der Waals surface area contributed by atoms with Gasteiger partial charge >= 0.3 is 0 Å². The molecule has 1 aromatic heterocycles. The first kappa shape index (κ1) is 25.2. The van der Waals surface area contributed by atoms with Crippen molar-refractivity contribution in [1.82, 2.24) is 10.3 Å². The highest BCUT2D eigenvalue weighted by molar-refractivity contribution is 6.35. The van der Waals surface area contributed by atoms with Crippen molar-refractivity contribution in [2.75, 3.05) is 0 Å². The monoisotopic (exact) mass is 546 g/mol. The summed E-state index contributed by atoms with van der Waals surface area (Å²) in [5, 5.41) is 26.7. The third kappa shape index (κ3) is 3.34. The van der Waals surface area contributed by atoms with Crippen LogP contribution in [0.3, 0.4) is 0 Å². The van der Waals surface area contributed by atoms with Crippen molar-refractivity contribution < 1.29 is 29.3 Å². The number of nitrogens with one attached hydrogen (secondary N) is 2. The molecule has 2 aliphatic carbocycles. The lowest BCUT2D eigenvalue weighted by molar-refractivity contribution is -0.123. The van der Waals surface area contributed by atoms with Gasteiger partial charge in [0, 0.05) is 28.4 Å². The normalized spacial score (nSPS) is 23.1. The second-order valence-corrected chi connectivity index (χ2v) is 11.1. The number of carbonyl (C=O) groups excluding carboxylic acids is 3. The summed E-state index contributed by atoms with van der Waals surface area (Å²) >= 11 is 6.44. The van der Waals surface area contributed by atoms with Crippen LogP contribution in [0.5, 0.6) is 17.2 Å². The summed E-state index contributed by atoms with van der Waals surface area (Å²) in [5.41, 5.74) is 1.80. The van der Waals surface area contributed by atoms with E-state index in [9.17, 15) is 24.6 Å². The van der Waals surface area contributed by atoms with E-state index in [1.54, 1.807) is 13.8 Å². The molecule has 0 fully saturated rings. The zero-order valence-corrected chi connectivity index (χ0v) is 22.7. The molecular formula is C30H27ClN2O6. The average Bonchev–Trinajstić information content (AvgIpc) is 3.40. The number of para-hydroxylation sites is 1. The Bertz CT molecular complexity index is 1730. The van der Waals surface area contributed by atoms with Gasteiger partial charge in [-0.15, -0.1) is 0 Å². The number of ketones is 3. The molecule has 0 amide bonds. The first-order valence-corrected chi connectivity index (χ1v) is 13.2. The Hall–Kier alpha value is -4.04. The molecule has 39 heavy (non-hydrogen) atoms. The molecule has 3 aliphatic rings. The lowest BCUT2D eigenvalue weighted by Crippen LogP contribution is -2.41. The number of aromatic amines is 1. The fraction of sp³-hybridized carbons (Fsp3) is 0.300. The maximum absolute atomic E-state index is 14.1. The molecular weight excluding hydrogens is 520 g/mol. The lowest BCUT2D eigenvalue weighted by atomic mass is 9.70. The van der Waals surface area contributed by atoms with E-state index in [2.05, 4.69) is 10.3 Å². The fourth-order valence-electron chi connectivity index (χ4n) is 6.29. The number of Topliss-reactive ketones (excluding diaryl/α,β-unsaturated/α-hetero) is 2. The number of rotatable bonds is 3. The summed E-state index contributed by atoms with van der Waals surface area (Å²) in [5.74, 6) is -2.44. The topological polar surface area (TPSA) is 129 Å². The van der Waals surface area contributed by atoms with E-state index in [0.717, 1.165) is 35.9 Å². The number of allylic oxidation sites excluding steroid dienone is 4. The van der Waals surface area contributed by atoms with Gasteiger partial charge < -0.3 is 25.3 Å². The Morgan fingerprint density at radius 2 is 1.95 bits per heavy atom. The van der Waals surface area contributed by atoms with Gasteiger partial charge in [-0.05, 0) is 58.6 Å². The number of H-pyrrole nitrogens is 1. The smallest absolute Gasteiger partial charge is 0.194 e. The first-order valence-electron chi connectivity index (χ1n) is 12.8. The Labute approximate surface area is 229 Å². The maximum atomic E-state index is 14.1. The number of aryl methyl sites for hydroxylation is 1. The Morgan fingerprint density at radius 3 is 2.67 bits per heavy atom. The number of carbonyl (C=O) groups is 3. The number of fused-ring (bicyclic) bond motifs is 6. The van der Waals surface area contributed by atoms with E-state index in [0.29, 0.717) is 10.7 Å². The highest BCUT2D eigenvalue weighted by Crippen LogP contribution is 2.57. The summed E-state index contributed by atoms with van der Waals surface area (Å²) in [6.07, 6.45) is 3.83. The van der Waals surface area contributed by atoms with Gasteiger partial charge in [0.25, 0.3) is 0 Å². The largest absolute Gasteiger partial charge is 0.507 e. The number of halogens is 1. The number of phenols is 2. The molecule has 2 heterocycles. The van der Waals surface area contributed by atoms with E-state index >= 15 is 0 Å². The Morgan fingerprint density at radius 1 is 1.21 bits per heavy atom. The molecule has 0 saturated heterocycles. The zero-order valence-electron chi connectivity index (χ0n) is 21.9. The summed E-state index contributed by atoms with van der Waals surface area (Å²) in [4.78, 5) is 43.3. The Balaban J connectivity index is 1.45. The third-order valence-corrected chi connectivity index (χ3v) is 8.66. The van der Waals surface area contributed by atoms with Crippen LogP contribution in [0.15, 0.2) is 41.3 Å². The van der Waals surface area contributed by atoms with Crippen LogP contribution < -0.4 is 10.1 Å². The second kappa shape index (κ2) is 8.48. The van der Waals surface area contributed by atoms with Crippen molar-refractivity contribution >= 4 is 39.9 Å². The predicted octanol–water partition coefficient (Wildman–Crippen LogP) is 5.37. The van der Waals surface area contributed by atoms with Crippen molar-refractivity contribution in [1.29, 1.82) is 0 Å². The molecule has 2 aromatic carbocycles. The summed E-state index contributed by atoms with van der Waals surface area (Å²) in [6, 6.07) is 5.61. The van der Waals surface area contributed by atoms with Crippen LogP contribution in [0.25, 0.3) is 10.9 Å². The van der Waals surface area contributed by atoms with E-state index in [4.69, 9.17) is 16.3 Å². The zero-order chi connectivity index (χ0) is 28.0. The van der Waals surface area contributed by atoms with Gasteiger partial charge in [-0.2, -0.15) is 0 Å². The molecule has 1 aliphatic heterocycles. The molecule has 3 aromatic rings. The molecule has 8 nitrogen and oxygen atoms in total. The van der Waals surface area contributed by atoms with Crippen LogP contribution in [-0.4, -0.2) is 32.5 Å². The number of hydrogen-bond donors (Lipinski definition) is 4. The van der Waals surface area contributed by atoms with E-state index < -0.39 is 28.5 Å². The minimum absolute atomic E-state index is 0.0112. The number of ether oxygens (including phenoxy) is 1. The van der Waals surface area contributed by atoms with Crippen LogP contribution in [0, 0.1) is 6.92 Å². The molecule has 0 saturated carbocycles. The maximum Gasteiger partial charge on any atom is 0.194 e. The quantitative estimate of drug-likeness (QED) is 0.197. The predicted molar refractivity (Wildman–Crippen MR) is 145 cm³/mol. The second-order valence-electron chi connectivity index (χ2n) is 10.7. The summed E-state index contributed by atoms with van der Waals surface area (Å²) < 4.78 is 5.85. The number of aromatic hydroxyl groups is 2. The van der Waals surface area contributed by atoms with Gasteiger partial charge in [-0.1, -0.05) is 23.7 Å².